The molecule has 0 unspecified atom stereocenters. The van der Waals surface area contributed by atoms with Crippen LogP contribution in [-0.2, 0) is 5.41 Å². The van der Waals surface area contributed by atoms with Crippen LogP contribution < -0.4 is 0 Å². The van der Waals surface area contributed by atoms with Gasteiger partial charge in [-0.1, -0.05) is 178 Å². The first kappa shape index (κ1) is 28.6. The van der Waals surface area contributed by atoms with Crippen molar-refractivity contribution in [1.82, 2.24) is 0 Å². The van der Waals surface area contributed by atoms with Crippen LogP contribution in [0.15, 0.2) is 170 Å². The quantitative estimate of drug-likeness (QED) is 0.129. The molecule has 0 N–H and O–H groups in total. The van der Waals surface area contributed by atoms with E-state index >= 15 is 0 Å². The summed E-state index contributed by atoms with van der Waals surface area (Å²) in [6.45, 7) is 4.82. The molecule has 0 aliphatic heterocycles. The number of rotatable bonds is 2. The molecule has 10 aromatic carbocycles. The Morgan fingerprint density at radius 3 is 1.47 bits per heavy atom. The average Bonchev–Trinajstić information content (AvgIpc) is 3.42. The Labute approximate surface area is 297 Å². The summed E-state index contributed by atoms with van der Waals surface area (Å²) in [4.78, 5) is 0. The number of hydrogen-bond acceptors (Lipinski definition) is 0. The van der Waals surface area contributed by atoms with Gasteiger partial charge in [0.15, 0.2) is 0 Å². The van der Waals surface area contributed by atoms with Gasteiger partial charge < -0.3 is 0 Å². The molecule has 0 heterocycles. The minimum atomic E-state index is -0.126. The molecular weight excluding hydrogens is 613 g/mol. The summed E-state index contributed by atoms with van der Waals surface area (Å²) in [7, 11) is 0. The molecule has 1 aliphatic carbocycles. The predicted molar refractivity (Wildman–Crippen MR) is 220 cm³/mol. The zero-order chi connectivity index (χ0) is 33.8. The lowest BCUT2D eigenvalue weighted by atomic mass is 9.79. The normalized spacial score (nSPS) is 13.5. The molecule has 0 nitrogen and oxygen atoms in total. The molecule has 0 spiro atoms. The molecule has 0 heteroatoms. The van der Waals surface area contributed by atoms with Crippen LogP contribution in [0.2, 0.25) is 0 Å². The fourth-order valence-corrected chi connectivity index (χ4v) is 9.64. The van der Waals surface area contributed by atoms with Crippen molar-refractivity contribution < 1.29 is 0 Å². The van der Waals surface area contributed by atoms with E-state index < -0.39 is 0 Å². The first-order chi connectivity index (χ1) is 25.1. The number of benzene rings is 10. The molecule has 1 aliphatic rings. The Bertz CT molecular complexity index is 3050. The minimum absolute atomic E-state index is 0.126. The van der Waals surface area contributed by atoms with E-state index in [9.17, 15) is 0 Å². The van der Waals surface area contributed by atoms with Gasteiger partial charge in [0.1, 0.15) is 0 Å². The maximum absolute atomic E-state index is 2.50. The van der Waals surface area contributed by atoms with Gasteiger partial charge in [0.05, 0.1) is 0 Å². The van der Waals surface area contributed by atoms with E-state index in [1.807, 2.05) is 0 Å². The van der Waals surface area contributed by atoms with E-state index in [0.717, 1.165) is 0 Å². The molecule has 0 radical (unpaired) electrons. The second-order valence-electron chi connectivity index (χ2n) is 14.8. The summed E-state index contributed by atoms with van der Waals surface area (Å²) in [5.74, 6) is 0. The zero-order valence-corrected chi connectivity index (χ0v) is 28.7. The highest BCUT2D eigenvalue weighted by Crippen LogP contribution is 2.56. The third-order valence-electron chi connectivity index (χ3n) is 11.8. The van der Waals surface area contributed by atoms with E-state index in [4.69, 9.17) is 0 Å². The number of hydrogen-bond donors (Lipinski definition) is 0. The van der Waals surface area contributed by atoms with Crippen LogP contribution in [0, 0.1) is 0 Å². The molecule has 0 saturated heterocycles. The monoisotopic (exact) mass is 646 g/mol. The lowest BCUT2D eigenvalue weighted by Gasteiger charge is -2.24. The molecule has 0 bridgehead atoms. The first-order valence-corrected chi connectivity index (χ1v) is 18.0. The Morgan fingerprint density at radius 2 is 0.804 bits per heavy atom. The van der Waals surface area contributed by atoms with Crippen LogP contribution in [0.1, 0.15) is 25.0 Å². The molecule has 51 heavy (non-hydrogen) atoms. The van der Waals surface area contributed by atoms with Gasteiger partial charge >= 0.3 is 0 Å². The Morgan fingerprint density at radius 1 is 0.314 bits per heavy atom. The van der Waals surface area contributed by atoms with Crippen LogP contribution in [0.5, 0.6) is 0 Å². The van der Waals surface area contributed by atoms with Gasteiger partial charge in [-0.3, -0.25) is 0 Å². The van der Waals surface area contributed by atoms with Crippen LogP contribution in [-0.4, -0.2) is 0 Å². The molecule has 238 valence electrons. The second-order valence-corrected chi connectivity index (χ2v) is 14.8. The molecule has 11 rings (SSSR count). The topological polar surface area (TPSA) is 0 Å². The molecule has 10 aromatic rings. The Balaban J connectivity index is 1.23. The van der Waals surface area contributed by atoms with Crippen molar-refractivity contribution in [3.05, 3.63) is 181 Å². The van der Waals surface area contributed by atoms with E-state index in [2.05, 4.69) is 184 Å². The van der Waals surface area contributed by atoms with Crippen LogP contribution in [0.25, 0.3) is 98.0 Å². The Kier molecular flexibility index (Phi) is 5.82. The van der Waals surface area contributed by atoms with Gasteiger partial charge in [-0.15, -0.1) is 0 Å². The van der Waals surface area contributed by atoms with Crippen LogP contribution in [0.4, 0.5) is 0 Å². The van der Waals surface area contributed by atoms with Gasteiger partial charge in [-0.05, 0) is 115 Å². The molecule has 0 aromatic heterocycles. The SMILES string of the molecule is CC1(C)c2ccc(-c3c4ccccc4c(-c4cccc5c4ccc4ccccc45)c4ccccc34)cc2-c2c1c1ccccc1c1ccccc21. The van der Waals surface area contributed by atoms with Crippen molar-refractivity contribution in [1.29, 1.82) is 0 Å². The predicted octanol–water partition coefficient (Wildman–Crippen LogP) is 14.2. The first-order valence-electron chi connectivity index (χ1n) is 18.0. The standard InChI is InChI=1S/C51H34/c1-51(2)46-29-27-32(30-45(46)49-39-18-7-5-16-35(39)36-17-6-12-23-44(36)50(49)51)47-40-19-8-10-21-42(40)48(43-22-11-9-20-41(43)47)38-25-13-24-34-33-15-4-3-14-31(33)26-28-37(34)38/h3-30H,1-2H3. The molecule has 0 saturated carbocycles. The highest BCUT2D eigenvalue weighted by molar-refractivity contribution is 6.25. The largest absolute Gasteiger partial charge is 0.0616 e. The highest BCUT2D eigenvalue weighted by atomic mass is 14.4. The van der Waals surface area contributed by atoms with Crippen molar-refractivity contribution in [3.8, 4) is 33.4 Å². The van der Waals surface area contributed by atoms with Gasteiger partial charge in [-0.25, -0.2) is 0 Å². The summed E-state index contributed by atoms with van der Waals surface area (Å²) in [5, 5.41) is 15.6. The van der Waals surface area contributed by atoms with Gasteiger partial charge in [0, 0.05) is 5.41 Å². The Hall–Kier alpha value is -6.24. The average molecular weight is 647 g/mol. The van der Waals surface area contributed by atoms with E-state index in [1.54, 1.807) is 0 Å². The van der Waals surface area contributed by atoms with E-state index in [1.165, 1.54) is 109 Å². The summed E-state index contributed by atoms with van der Waals surface area (Å²) < 4.78 is 0. The van der Waals surface area contributed by atoms with Crippen molar-refractivity contribution in [2.45, 2.75) is 19.3 Å². The zero-order valence-electron chi connectivity index (χ0n) is 28.7. The highest BCUT2D eigenvalue weighted by Gasteiger charge is 2.38. The maximum Gasteiger partial charge on any atom is 0.0165 e. The maximum atomic E-state index is 2.50. The molecule has 0 atom stereocenters. The third-order valence-corrected chi connectivity index (χ3v) is 11.8. The summed E-state index contributed by atoms with van der Waals surface area (Å²) in [6.07, 6.45) is 0. The van der Waals surface area contributed by atoms with Crippen molar-refractivity contribution >= 4 is 64.6 Å². The van der Waals surface area contributed by atoms with Crippen molar-refractivity contribution in [2.75, 3.05) is 0 Å². The lowest BCUT2D eigenvalue weighted by Crippen LogP contribution is -2.15. The number of fused-ring (bicyclic) bond motifs is 13. The summed E-state index contributed by atoms with van der Waals surface area (Å²) in [5.41, 5.74) is 10.6. The van der Waals surface area contributed by atoms with E-state index in [0.29, 0.717) is 0 Å². The molecule has 0 fully saturated rings. The lowest BCUT2D eigenvalue weighted by molar-refractivity contribution is 0.666. The van der Waals surface area contributed by atoms with Crippen molar-refractivity contribution in [3.63, 3.8) is 0 Å². The minimum Gasteiger partial charge on any atom is -0.0616 e. The van der Waals surface area contributed by atoms with Gasteiger partial charge in [-0.2, -0.15) is 0 Å². The van der Waals surface area contributed by atoms with E-state index in [-0.39, 0.29) is 5.41 Å². The fourth-order valence-electron chi connectivity index (χ4n) is 9.64. The third kappa shape index (κ3) is 3.85. The van der Waals surface area contributed by atoms with Crippen molar-refractivity contribution in [2.24, 2.45) is 0 Å². The smallest absolute Gasteiger partial charge is 0.0165 e. The van der Waals surface area contributed by atoms with Crippen LogP contribution in [0.3, 0.4) is 0 Å². The van der Waals surface area contributed by atoms with Crippen LogP contribution >= 0.6 is 0 Å². The fraction of sp³-hybridized carbons (Fsp3) is 0.0588. The second kappa shape index (κ2) is 10.4. The summed E-state index contributed by atoms with van der Waals surface area (Å²) in [6, 6.07) is 63.5. The summed E-state index contributed by atoms with van der Waals surface area (Å²) >= 11 is 0. The molecular formula is C51H34. The van der Waals surface area contributed by atoms with Gasteiger partial charge in [0.2, 0.25) is 0 Å². The van der Waals surface area contributed by atoms with Gasteiger partial charge in [0.25, 0.3) is 0 Å². The molecule has 0 amide bonds.